The van der Waals surface area contributed by atoms with Crippen LogP contribution in [0, 0.1) is 5.92 Å². The largest absolute Gasteiger partial charge is 0.497 e. The van der Waals surface area contributed by atoms with Gasteiger partial charge in [-0.15, -0.1) is 0 Å². The number of fused-ring (bicyclic) bond motifs is 2. The molecule has 1 aromatic carbocycles. The average Bonchev–Trinajstić information content (AvgIpc) is 2.96. The molecular weight excluding hydrogens is 374 g/mol. The zero-order chi connectivity index (χ0) is 16.8. The van der Waals surface area contributed by atoms with Crippen molar-refractivity contribution in [2.24, 2.45) is 5.92 Å². The molecule has 23 heavy (non-hydrogen) atoms. The summed E-state index contributed by atoms with van der Waals surface area (Å²) in [5, 5.41) is 0. The molecule has 1 aliphatic heterocycles. The summed E-state index contributed by atoms with van der Waals surface area (Å²) in [6.07, 6.45) is 1.02. The number of rotatable bonds is 5. The van der Waals surface area contributed by atoms with E-state index in [-0.39, 0.29) is 28.8 Å². The van der Waals surface area contributed by atoms with Crippen molar-refractivity contribution in [3.8, 4) is 5.75 Å². The number of hydrogen-bond donors (Lipinski definition) is 0. The Morgan fingerprint density at radius 2 is 1.91 bits per heavy atom. The Labute approximate surface area is 147 Å². The number of methoxy groups -OCH3 is 1. The van der Waals surface area contributed by atoms with E-state index >= 15 is 0 Å². The Balaban J connectivity index is 1.75. The molecule has 1 amide bonds. The van der Waals surface area contributed by atoms with Gasteiger partial charge in [-0.1, -0.05) is 28.1 Å². The molecule has 6 heteroatoms. The number of amides is 1. The lowest BCUT2D eigenvalue weighted by atomic mass is 10.1. The van der Waals surface area contributed by atoms with E-state index in [9.17, 15) is 4.79 Å². The van der Waals surface area contributed by atoms with Crippen LogP contribution in [0.2, 0.25) is 19.6 Å². The maximum Gasteiger partial charge on any atom is 0.227 e. The number of nitrogens with zero attached hydrogens (tertiary/aromatic N) is 1. The van der Waals surface area contributed by atoms with Crippen LogP contribution in [0.1, 0.15) is 12.0 Å². The third-order valence-corrected chi connectivity index (χ3v) is 6.71. The van der Waals surface area contributed by atoms with Gasteiger partial charge in [0.05, 0.1) is 30.0 Å². The molecule has 0 unspecified atom stereocenters. The molecule has 1 heterocycles. The Morgan fingerprint density at radius 3 is 2.43 bits per heavy atom. The zero-order valence-corrected chi connectivity index (χ0v) is 16.7. The number of carbonyl (C=O) groups excluding carboxylic acids is 1. The molecule has 1 aromatic rings. The second-order valence-corrected chi connectivity index (χ2v) is 12.9. The van der Waals surface area contributed by atoms with Gasteiger partial charge in [0.1, 0.15) is 5.75 Å². The summed E-state index contributed by atoms with van der Waals surface area (Å²) < 4.78 is 11.6. The van der Waals surface area contributed by atoms with Crippen molar-refractivity contribution in [3.63, 3.8) is 0 Å². The molecule has 0 spiro atoms. The highest BCUT2D eigenvalue weighted by Crippen LogP contribution is 2.45. The minimum Gasteiger partial charge on any atom is -0.497 e. The first-order valence-corrected chi connectivity index (χ1v) is 12.4. The molecule has 0 aromatic heterocycles. The maximum absolute atomic E-state index is 12.6. The highest BCUT2D eigenvalue weighted by atomic mass is 79.9. The standard InChI is InChI=1S/C17H24BrNO3Si/c1-21-12-7-5-11(6-8-12)10-19-14-9-13(17(19)20)15(18)16(14)22-23(2,3)4/h5-8,13-16H,9-10H2,1-4H3/t13-,14+,15-,16-/m0/s1. The van der Waals surface area contributed by atoms with Gasteiger partial charge in [0.2, 0.25) is 5.91 Å². The minimum atomic E-state index is -1.64. The normalized spacial score (nSPS) is 30.1. The molecular formula is C17H24BrNO3Si. The second kappa shape index (κ2) is 6.22. The molecule has 3 rings (SSSR count). The van der Waals surface area contributed by atoms with Crippen LogP contribution in [0.25, 0.3) is 0 Å². The lowest BCUT2D eigenvalue weighted by Crippen LogP contribution is -2.53. The summed E-state index contributed by atoms with van der Waals surface area (Å²) in [5.74, 6) is 1.14. The molecule has 126 valence electrons. The van der Waals surface area contributed by atoms with Crippen LogP contribution in [-0.4, -0.2) is 43.2 Å². The van der Waals surface area contributed by atoms with E-state index in [0.717, 1.165) is 17.7 Å². The number of halogens is 1. The Bertz CT molecular complexity index is 586. The monoisotopic (exact) mass is 397 g/mol. The second-order valence-electron chi connectivity index (χ2n) is 7.36. The molecule has 1 saturated heterocycles. The Kier molecular flexibility index (Phi) is 4.59. The zero-order valence-electron chi connectivity index (χ0n) is 14.1. The van der Waals surface area contributed by atoms with Crippen LogP contribution >= 0.6 is 15.9 Å². The summed E-state index contributed by atoms with van der Waals surface area (Å²) in [7, 11) is 0.0170. The van der Waals surface area contributed by atoms with Crippen molar-refractivity contribution < 1.29 is 14.0 Å². The smallest absolute Gasteiger partial charge is 0.227 e. The quantitative estimate of drug-likeness (QED) is 0.564. The summed E-state index contributed by atoms with van der Waals surface area (Å²) in [6.45, 7) is 7.26. The van der Waals surface area contributed by atoms with Crippen LogP contribution in [0.4, 0.5) is 0 Å². The summed E-state index contributed by atoms with van der Waals surface area (Å²) in [4.78, 5) is 14.8. The van der Waals surface area contributed by atoms with Gasteiger partial charge in [-0.05, 0) is 43.8 Å². The van der Waals surface area contributed by atoms with E-state index in [1.165, 1.54) is 0 Å². The van der Waals surface area contributed by atoms with Gasteiger partial charge in [-0.3, -0.25) is 4.79 Å². The van der Waals surface area contributed by atoms with Crippen LogP contribution in [0.15, 0.2) is 24.3 Å². The first-order valence-electron chi connectivity index (χ1n) is 8.05. The van der Waals surface area contributed by atoms with Crippen molar-refractivity contribution in [2.45, 2.75) is 49.6 Å². The SMILES string of the molecule is COc1ccc(CN2C(=O)[C@H]3C[C@@H]2[C@H](O[Si](C)(C)C)[C@H]3Br)cc1. The van der Waals surface area contributed by atoms with Gasteiger partial charge < -0.3 is 14.1 Å². The van der Waals surface area contributed by atoms with Crippen molar-refractivity contribution >= 4 is 30.2 Å². The minimum absolute atomic E-state index is 0.0552. The van der Waals surface area contributed by atoms with Gasteiger partial charge in [-0.2, -0.15) is 0 Å². The van der Waals surface area contributed by atoms with Gasteiger partial charge in [0.25, 0.3) is 0 Å². The first-order chi connectivity index (χ1) is 10.8. The molecule has 4 atom stereocenters. The van der Waals surface area contributed by atoms with E-state index < -0.39 is 8.32 Å². The van der Waals surface area contributed by atoms with Gasteiger partial charge >= 0.3 is 0 Å². The number of benzene rings is 1. The Hall–Kier alpha value is -0.853. The maximum atomic E-state index is 12.6. The third-order valence-electron chi connectivity index (χ3n) is 4.58. The van der Waals surface area contributed by atoms with Crippen LogP contribution in [-0.2, 0) is 15.8 Å². The number of hydrogen-bond acceptors (Lipinski definition) is 3. The van der Waals surface area contributed by atoms with E-state index in [1.807, 2.05) is 29.2 Å². The molecule has 0 radical (unpaired) electrons. The summed E-state index contributed by atoms with van der Waals surface area (Å²) >= 11 is 3.72. The number of likely N-dealkylation sites (tertiary alicyclic amines) is 1. The molecule has 0 N–H and O–H groups in total. The summed E-state index contributed by atoms with van der Waals surface area (Å²) in [5.41, 5.74) is 1.13. The molecule has 2 fully saturated rings. The summed E-state index contributed by atoms with van der Waals surface area (Å²) in [6, 6.07) is 8.12. The molecule has 1 aliphatic carbocycles. The number of carbonyl (C=O) groups is 1. The predicted molar refractivity (Wildman–Crippen MR) is 96.4 cm³/mol. The van der Waals surface area contributed by atoms with E-state index in [4.69, 9.17) is 9.16 Å². The number of piperidine rings is 1. The van der Waals surface area contributed by atoms with E-state index in [0.29, 0.717) is 6.54 Å². The van der Waals surface area contributed by atoms with Gasteiger partial charge in [0, 0.05) is 6.54 Å². The van der Waals surface area contributed by atoms with Crippen molar-refractivity contribution in [2.75, 3.05) is 7.11 Å². The van der Waals surface area contributed by atoms with Gasteiger partial charge in [-0.25, -0.2) is 0 Å². The predicted octanol–water partition coefficient (Wildman–Crippen LogP) is 3.41. The lowest BCUT2D eigenvalue weighted by Gasteiger charge is -2.39. The van der Waals surface area contributed by atoms with E-state index in [2.05, 4.69) is 35.6 Å². The molecule has 1 saturated carbocycles. The highest BCUT2D eigenvalue weighted by Gasteiger charge is 2.57. The average molecular weight is 398 g/mol. The fourth-order valence-corrected chi connectivity index (χ4v) is 5.78. The van der Waals surface area contributed by atoms with Gasteiger partial charge in [0.15, 0.2) is 8.32 Å². The Morgan fingerprint density at radius 1 is 1.26 bits per heavy atom. The van der Waals surface area contributed by atoms with E-state index in [1.54, 1.807) is 7.11 Å². The molecule has 2 aliphatic rings. The van der Waals surface area contributed by atoms with Crippen LogP contribution in [0.3, 0.4) is 0 Å². The fraction of sp³-hybridized carbons (Fsp3) is 0.588. The fourth-order valence-electron chi connectivity index (χ4n) is 3.56. The van der Waals surface area contributed by atoms with Crippen LogP contribution in [0.5, 0.6) is 5.75 Å². The van der Waals surface area contributed by atoms with Crippen molar-refractivity contribution in [1.82, 2.24) is 4.90 Å². The van der Waals surface area contributed by atoms with Crippen LogP contribution < -0.4 is 4.74 Å². The first kappa shape index (κ1) is 17.0. The highest BCUT2D eigenvalue weighted by molar-refractivity contribution is 9.09. The molecule has 4 nitrogen and oxygen atoms in total. The number of ether oxygens (including phenoxy) is 1. The lowest BCUT2D eigenvalue weighted by molar-refractivity contribution is -0.137. The third kappa shape index (κ3) is 3.34. The molecule has 2 bridgehead atoms. The van der Waals surface area contributed by atoms with Crippen molar-refractivity contribution in [1.29, 1.82) is 0 Å². The number of alkyl halides is 1. The van der Waals surface area contributed by atoms with Crippen molar-refractivity contribution in [3.05, 3.63) is 29.8 Å². The topological polar surface area (TPSA) is 38.8 Å².